The molecule has 0 amide bonds. The SMILES string of the molecule is C=C/C=C1/SC(C)=C(C=C)S/C1=C/C.CC.CC.CC. The Balaban J connectivity index is -0.000000425. The molecule has 0 atom stereocenters. The van der Waals surface area contributed by atoms with Gasteiger partial charge in [-0.05, 0) is 19.9 Å². The van der Waals surface area contributed by atoms with E-state index < -0.39 is 0 Å². The maximum Gasteiger partial charge on any atom is 0.0255 e. The first kappa shape index (κ1) is 24.4. The van der Waals surface area contributed by atoms with Crippen molar-refractivity contribution in [2.75, 3.05) is 0 Å². The molecule has 0 aromatic rings. The van der Waals surface area contributed by atoms with E-state index in [1.165, 1.54) is 19.6 Å². The first-order chi connectivity index (χ1) is 9.72. The first-order valence-electron chi connectivity index (χ1n) is 7.41. The van der Waals surface area contributed by atoms with Gasteiger partial charge >= 0.3 is 0 Å². The minimum absolute atomic E-state index is 1.25. The number of hydrogen-bond donors (Lipinski definition) is 0. The lowest BCUT2D eigenvalue weighted by Crippen LogP contribution is -1.90. The van der Waals surface area contributed by atoms with Crippen molar-refractivity contribution in [3.8, 4) is 0 Å². The van der Waals surface area contributed by atoms with Crippen molar-refractivity contribution in [2.45, 2.75) is 55.4 Å². The van der Waals surface area contributed by atoms with E-state index >= 15 is 0 Å². The van der Waals surface area contributed by atoms with Crippen LogP contribution in [0.15, 0.2) is 57.1 Å². The van der Waals surface area contributed by atoms with E-state index in [4.69, 9.17) is 0 Å². The van der Waals surface area contributed by atoms with Gasteiger partial charge in [0.15, 0.2) is 0 Å². The predicted molar refractivity (Wildman–Crippen MR) is 104 cm³/mol. The summed E-state index contributed by atoms with van der Waals surface area (Å²) in [5, 5.41) is 0. The van der Waals surface area contributed by atoms with Crippen LogP contribution in [0.4, 0.5) is 0 Å². The van der Waals surface area contributed by atoms with E-state index in [1.54, 1.807) is 23.5 Å². The third-order valence-corrected chi connectivity index (χ3v) is 4.52. The van der Waals surface area contributed by atoms with Crippen molar-refractivity contribution >= 4 is 23.5 Å². The van der Waals surface area contributed by atoms with Crippen molar-refractivity contribution < 1.29 is 0 Å². The molecule has 0 unspecified atom stereocenters. The summed E-state index contributed by atoms with van der Waals surface area (Å²) in [6.07, 6.45) is 7.93. The van der Waals surface area contributed by atoms with Crippen molar-refractivity contribution in [3.63, 3.8) is 0 Å². The molecule has 0 bridgehead atoms. The summed E-state index contributed by atoms with van der Waals surface area (Å²) in [6.45, 7) is 23.7. The summed E-state index contributed by atoms with van der Waals surface area (Å²) in [4.78, 5) is 5.12. The molecular formula is C18H32S2. The Morgan fingerprint density at radius 1 is 0.850 bits per heavy atom. The second kappa shape index (κ2) is 18.4. The molecule has 0 fully saturated rings. The third kappa shape index (κ3) is 9.33. The Morgan fingerprint density at radius 2 is 1.35 bits per heavy atom. The lowest BCUT2D eigenvalue weighted by Gasteiger charge is -2.19. The largest absolute Gasteiger partial charge is 0.0990 e. The molecule has 0 N–H and O–H groups in total. The highest BCUT2D eigenvalue weighted by Gasteiger charge is 2.16. The van der Waals surface area contributed by atoms with Crippen LogP contribution in [0.1, 0.15) is 55.4 Å². The average molecular weight is 313 g/mol. The molecular weight excluding hydrogens is 280 g/mol. The van der Waals surface area contributed by atoms with Gasteiger partial charge in [-0.2, -0.15) is 0 Å². The molecule has 0 saturated heterocycles. The molecule has 0 spiro atoms. The van der Waals surface area contributed by atoms with Gasteiger partial charge in [0.25, 0.3) is 0 Å². The van der Waals surface area contributed by atoms with Crippen molar-refractivity contribution in [2.24, 2.45) is 0 Å². The van der Waals surface area contributed by atoms with Crippen molar-refractivity contribution in [1.29, 1.82) is 0 Å². The highest BCUT2D eigenvalue weighted by molar-refractivity contribution is 8.15. The van der Waals surface area contributed by atoms with Crippen molar-refractivity contribution in [1.82, 2.24) is 0 Å². The first-order valence-corrected chi connectivity index (χ1v) is 9.04. The minimum Gasteiger partial charge on any atom is -0.0990 e. The molecule has 0 radical (unpaired) electrons. The molecule has 0 aromatic carbocycles. The molecule has 0 nitrogen and oxygen atoms in total. The molecule has 1 heterocycles. The van der Waals surface area contributed by atoms with E-state index in [0.717, 1.165) is 0 Å². The molecule has 0 saturated carbocycles. The predicted octanol–water partition coefficient (Wildman–Crippen LogP) is 7.94. The quantitative estimate of drug-likeness (QED) is 0.507. The fourth-order valence-electron chi connectivity index (χ4n) is 1.12. The van der Waals surface area contributed by atoms with Gasteiger partial charge in [-0.25, -0.2) is 0 Å². The molecule has 0 aliphatic carbocycles. The Bertz CT molecular complexity index is 344. The van der Waals surface area contributed by atoms with Gasteiger partial charge in [-0.15, -0.1) is 0 Å². The van der Waals surface area contributed by atoms with Gasteiger partial charge in [0.2, 0.25) is 0 Å². The summed E-state index contributed by atoms with van der Waals surface area (Å²) >= 11 is 3.56. The van der Waals surface area contributed by atoms with E-state index in [0.29, 0.717) is 0 Å². The summed E-state index contributed by atoms with van der Waals surface area (Å²) in [6, 6.07) is 0. The maximum atomic E-state index is 3.82. The number of allylic oxidation sites excluding steroid dienone is 5. The smallest absolute Gasteiger partial charge is 0.0255 e. The van der Waals surface area contributed by atoms with Crippen LogP contribution >= 0.6 is 23.5 Å². The van der Waals surface area contributed by atoms with E-state index in [9.17, 15) is 0 Å². The Labute approximate surface area is 136 Å². The molecule has 116 valence electrons. The number of hydrogen-bond acceptors (Lipinski definition) is 2. The molecule has 1 aliphatic heterocycles. The fourth-order valence-corrected chi connectivity index (χ4v) is 3.26. The molecule has 2 heteroatoms. The van der Waals surface area contributed by atoms with Crippen molar-refractivity contribution in [3.05, 3.63) is 57.1 Å². The average Bonchev–Trinajstić information content (AvgIpc) is 2.54. The van der Waals surface area contributed by atoms with Gasteiger partial charge in [0.05, 0.1) is 0 Å². The summed E-state index contributed by atoms with van der Waals surface area (Å²) in [7, 11) is 0. The zero-order valence-electron chi connectivity index (χ0n) is 14.5. The Hall–Kier alpha value is -0.600. The third-order valence-electron chi connectivity index (χ3n) is 1.79. The lowest BCUT2D eigenvalue weighted by atomic mass is 10.4. The molecule has 0 aromatic heterocycles. The second-order valence-corrected chi connectivity index (χ2v) is 5.09. The molecule has 1 rings (SSSR count). The van der Waals surface area contributed by atoms with Gasteiger partial charge in [-0.3, -0.25) is 0 Å². The van der Waals surface area contributed by atoms with Gasteiger partial charge in [0.1, 0.15) is 0 Å². The monoisotopic (exact) mass is 312 g/mol. The lowest BCUT2D eigenvalue weighted by molar-refractivity contribution is 1.50. The normalized spacial score (nSPS) is 17.0. The van der Waals surface area contributed by atoms with Gasteiger partial charge in [-0.1, -0.05) is 96.5 Å². The van der Waals surface area contributed by atoms with Crippen LogP contribution in [-0.4, -0.2) is 0 Å². The van der Waals surface area contributed by atoms with E-state index in [1.807, 2.05) is 53.7 Å². The van der Waals surface area contributed by atoms with Crippen LogP contribution in [-0.2, 0) is 0 Å². The standard InChI is InChI=1S/C12H14S2.3C2H6/c1-5-8-12-11(7-3)14-10(6-2)9(4)13-12;3*1-2/h5-8H,1-2H2,3-4H3;3*1-2H3/b11-7+,12-8+;;;. The maximum absolute atomic E-state index is 3.82. The molecule has 1 aliphatic rings. The van der Waals surface area contributed by atoms with Crippen LogP contribution < -0.4 is 0 Å². The van der Waals surface area contributed by atoms with Crippen LogP contribution in [0.2, 0.25) is 0 Å². The van der Waals surface area contributed by atoms with Crippen LogP contribution in [0.25, 0.3) is 0 Å². The Kier molecular flexibility index (Phi) is 22.5. The molecule has 20 heavy (non-hydrogen) atoms. The zero-order chi connectivity index (χ0) is 16.6. The summed E-state index contributed by atoms with van der Waals surface area (Å²) in [5.74, 6) is 0. The van der Waals surface area contributed by atoms with E-state index in [2.05, 4.69) is 39.2 Å². The van der Waals surface area contributed by atoms with E-state index in [-0.39, 0.29) is 0 Å². The van der Waals surface area contributed by atoms with Crippen LogP contribution in [0, 0.1) is 0 Å². The number of thioether (sulfide) groups is 2. The van der Waals surface area contributed by atoms with Gasteiger partial charge in [0, 0.05) is 19.6 Å². The van der Waals surface area contributed by atoms with Gasteiger partial charge < -0.3 is 0 Å². The minimum atomic E-state index is 1.25. The highest BCUT2D eigenvalue weighted by atomic mass is 32.2. The summed E-state index contributed by atoms with van der Waals surface area (Å²) < 4.78 is 0. The summed E-state index contributed by atoms with van der Waals surface area (Å²) in [5.41, 5.74) is 0. The highest BCUT2D eigenvalue weighted by Crippen LogP contribution is 2.48. The topological polar surface area (TPSA) is 0 Å². The fraction of sp³-hybridized carbons (Fsp3) is 0.444. The van der Waals surface area contributed by atoms with Crippen LogP contribution in [0.5, 0.6) is 0 Å². The second-order valence-electron chi connectivity index (χ2n) is 2.75. The van der Waals surface area contributed by atoms with Crippen LogP contribution in [0.3, 0.4) is 0 Å². The number of rotatable bonds is 2. The zero-order valence-corrected chi connectivity index (χ0v) is 16.2. The Morgan fingerprint density at radius 3 is 1.70 bits per heavy atom.